The van der Waals surface area contributed by atoms with E-state index >= 15 is 0 Å². The number of allylic oxidation sites excluding steroid dienone is 1. The van der Waals surface area contributed by atoms with Gasteiger partial charge in [-0.2, -0.15) is 0 Å². The number of rotatable bonds is 8. The summed E-state index contributed by atoms with van der Waals surface area (Å²) in [5.74, 6) is 0.235. The van der Waals surface area contributed by atoms with Gasteiger partial charge >= 0.3 is 11.9 Å². The Kier molecular flexibility index (Phi) is 7.86. The molecule has 1 aliphatic heterocycles. The van der Waals surface area contributed by atoms with Crippen molar-refractivity contribution >= 4 is 29.4 Å². The van der Waals surface area contributed by atoms with Crippen molar-refractivity contribution < 1.29 is 33.3 Å². The normalized spacial score (nSPS) is 14.8. The maximum Gasteiger partial charge on any atom is 0.338 e. The summed E-state index contributed by atoms with van der Waals surface area (Å²) in [6.45, 7) is 5.28. The molecule has 42 heavy (non-hydrogen) atoms. The SMILES string of the molecule is CCOC(=O)C1=C(C)N=c2s/c(=C\c3ccc(-c4cccc(C(=O)O)c4C)o3)c(=O)n2[C@@H]1c1cc(OC)ccc1OC. The Morgan fingerprint density at radius 1 is 1.12 bits per heavy atom. The standard InChI is InChI=1S/C31H28N2O8S/c1-6-40-30(37)26-17(3)32-31-33(27(26)22-14-18(38-4)10-12-23(22)39-5)28(34)25(42-31)15-19-11-13-24(41-19)20-8-7-9-21(16(20)2)29(35)36/h7-15,27H,6H2,1-5H3,(H,35,36)/b25-15-/t27-/m1/s1. The number of benzene rings is 2. The molecule has 0 fully saturated rings. The van der Waals surface area contributed by atoms with Crippen LogP contribution in [0.15, 0.2) is 74.0 Å². The Morgan fingerprint density at radius 3 is 2.60 bits per heavy atom. The second-order valence-corrected chi connectivity index (χ2v) is 10.4. The Morgan fingerprint density at radius 2 is 1.90 bits per heavy atom. The molecule has 5 rings (SSSR count). The van der Waals surface area contributed by atoms with Crippen LogP contribution in [0.25, 0.3) is 17.4 Å². The van der Waals surface area contributed by atoms with E-state index in [1.807, 2.05) is 0 Å². The van der Waals surface area contributed by atoms with Crippen molar-refractivity contribution in [2.75, 3.05) is 20.8 Å². The molecule has 0 saturated carbocycles. The first-order valence-corrected chi connectivity index (χ1v) is 13.8. The van der Waals surface area contributed by atoms with E-state index < -0.39 is 18.0 Å². The summed E-state index contributed by atoms with van der Waals surface area (Å²) in [5.41, 5.74) is 2.18. The van der Waals surface area contributed by atoms with E-state index in [-0.39, 0.29) is 23.3 Å². The molecule has 1 N–H and O–H groups in total. The average Bonchev–Trinajstić information content (AvgIpc) is 3.55. The quantitative estimate of drug-likeness (QED) is 0.305. The lowest BCUT2D eigenvalue weighted by atomic mass is 9.95. The molecule has 2 aromatic heterocycles. The smallest absolute Gasteiger partial charge is 0.338 e. The van der Waals surface area contributed by atoms with Gasteiger partial charge in [-0.1, -0.05) is 23.5 Å². The highest BCUT2D eigenvalue weighted by Gasteiger charge is 2.35. The molecule has 3 heterocycles. The third-order valence-corrected chi connectivity index (χ3v) is 7.96. The zero-order valence-electron chi connectivity index (χ0n) is 23.6. The summed E-state index contributed by atoms with van der Waals surface area (Å²) in [6.07, 6.45) is 1.60. The summed E-state index contributed by atoms with van der Waals surface area (Å²) in [4.78, 5) is 43.8. The van der Waals surface area contributed by atoms with Crippen molar-refractivity contribution in [3.05, 3.63) is 102 Å². The molecule has 0 bridgehead atoms. The van der Waals surface area contributed by atoms with Crippen molar-refractivity contribution in [2.24, 2.45) is 4.99 Å². The Balaban J connectivity index is 1.67. The van der Waals surface area contributed by atoms with Gasteiger partial charge in [-0.3, -0.25) is 9.36 Å². The van der Waals surface area contributed by atoms with Gasteiger partial charge in [-0.15, -0.1) is 0 Å². The molecule has 4 aromatic rings. The fraction of sp³-hybridized carbons (Fsp3) is 0.226. The van der Waals surface area contributed by atoms with Crippen molar-refractivity contribution in [1.29, 1.82) is 0 Å². The second-order valence-electron chi connectivity index (χ2n) is 9.40. The first kappa shape index (κ1) is 28.6. The Hall–Kier alpha value is -4.90. The maximum atomic E-state index is 14.0. The molecule has 216 valence electrons. The van der Waals surface area contributed by atoms with Crippen LogP contribution in [0.3, 0.4) is 0 Å². The van der Waals surface area contributed by atoms with E-state index in [1.54, 1.807) is 69.3 Å². The lowest BCUT2D eigenvalue weighted by Gasteiger charge is -2.26. The number of thiazole rings is 1. The number of ether oxygens (including phenoxy) is 3. The number of nitrogens with zero attached hydrogens (tertiary/aromatic N) is 2. The van der Waals surface area contributed by atoms with Gasteiger partial charge in [-0.25, -0.2) is 14.6 Å². The number of fused-ring (bicyclic) bond motifs is 1. The Labute approximate surface area is 244 Å². The summed E-state index contributed by atoms with van der Waals surface area (Å²) >= 11 is 1.16. The average molecular weight is 589 g/mol. The minimum atomic E-state index is -1.03. The van der Waals surface area contributed by atoms with Crippen molar-refractivity contribution in [1.82, 2.24) is 4.57 Å². The molecule has 2 aromatic carbocycles. The molecular weight excluding hydrogens is 560 g/mol. The Bertz CT molecular complexity index is 1930. The number of hydrogen-bond donors (Lipinski definition) is 1. The third kappa shape index (κ3) is 5.03. The van der Waals surface area contributed by atoms with Crippen LogP contribution in [-0.2, 0) is 9.53 Å². The number of aromatic carboxylic acids is 1. The van der Waals surface area contributed by atoms with Gasteiger partial charge < -0.3 is 23.7 Å². The third-order valence-electron chi connectivity index (χ3n) is 6.98. The van der Waals surface area contributed by atoms with E-state index in [0.717, 1.165) is 11.3 Å². The number of hydrogen-bond acceptors (Lipinski definition) is 9. The first-order valence-electron chi connectivity index (χ1n) is 13.0. The zero-order valence-corrected chi connectivity index (χ0v) is 24.4. The number of carbonyl (C=O) groups excluding carboxylic acids is 1. The van der Waals surface area contributed by atoms with Crippen molar-refractivity contribution in [3.8, 4) is 22.8 Å². The minimum absolute atomic E-state index is 0.150. The molecule has 0 amide bonds. The predicted molar refractivity (Wildman–Crippen MR) is 156 cm³/mol. The first-order chi connectivity index (χ1) is 20.2. The van der Waals surface area contributed by atoms with E-state index in [4.69, 9.17) is 18.6 Å². The van der Waals surface area contributed by atoms with Gasteiger partial charge in [0.25, 0.3) is 5.56 Å². The number of carboxylic acid groups (broad SMARTS) is 1. The van der Waals surface area contributed by atoms with Crippen molar-refractivity contribution in [3.63, 3.8) is 0 Å². The largest absolute Gasteiger partial charge is 0.497 e. The molecule has 1 aliphatic rings. The van der Waals surface area contributed by atoms with Crippen LogP contribution >= 0.6 is 11.3 Å². The van der Waals surface area contributed by atoms with Crippen molar-refractivity contribution in [2.45, 2.75) is 26.8 Å². The van der Waals surface area contributed by atoms with Gasteiger partial charge in [0.1, 0.15) is 29.1 Å². The van der Waals surface area contributed by atoms with Gasteiger partial charge in [0.15, 0.2) is 4.80 Å². The van der Waals surface area contributed by atoms with E-state index in [0.29, 0.717) is 54.7 Å². The van der Waals surface area contributed by atoms with Gasteiger partial charge in [0, 0.05) is 17.2 Å². The van der Waals surface area contributed by atoms with Crippen LogP contribution in [0.2, 0.25) is 0 Å². The van der Waals surface area contributed by atoms with Gasteiger partial charge in [0.2, 0.25) is 0 Å². The number of carbonyl (C=O) groups is 2. The molecule has 0 saturated heterocycles. The molecule has 0 aliphatic carbocycles. The van der Waals surface area contributed by atoms with E-state index in [2.05, 4.69) is 4.99 Å². The number of carboxylic acids is 1. The summed E-state index contributed by atoms with van der Waals surface area (Å²) in [5, 5.41) is 9.49. The molecule has 1 atom stereocenters. The number of methoxy groups -OCH3 is 2. The second kappa shape index (κ2) is 11.5. The van der Waals surface area contributed by atoms with Crippen LogP contribution in [0, 0.1) is 6.92 Å². The molecule has 11 heteroatoms. The predicted octanol–water partition coefficient (Wildman–Crippen LogP) is 4.08. The highest BCUT2D eigenvalue weighted by molar-refractivity contribution is 7.07. The molecule has 0 unspecified atom stereocenters. The van der Waals surface area contributed by atoms with Crippen LogP contribution in [-0.4, -0.2) is 42.4 Å². The highest BCUT2D eigenvalue weighted by Crippen LogP contribution is 2.38. The summed E-state index contributed by atoms with van der Waals surface area (Å²) in [6, 6.07) is 12.7. The summed E-state index contributed by atoms with van der Waals surface area (Å²) in [7, 11) is 3.04. The van der Waals surface area contributed by atoms with E-state index in [9.17, 15) is 19.5 Å². The number of aromatic nitrogens is 1. The monoisotopic (exact) mass is 588 g/mol. The minimum Gasteiger partial charge on any atom is -0.497 e. The maximum absolute atomic E-state index is 14.0. The topological polar surface area (TPSA) is 130 Å². The highest BCUT2D eigenvalue weighted by atomic mass is 32.1. The van der Waals surface area contributed by atoms with E-state index in [1.165, 1.54) is 24.9 Å². The number of furan rings is 1. The summed E-state index contributed by atoms with van der Waals surface area (Å²) < 4.78 is 24.2. The van der Waals surface area contributed by atoms with Gasteiger partial charge in [0.05, 0.1) is 42.2 Å². The zero-order chi connectivity index (χ0) is 30.1. The molecule has 10 nitrogen and oxygen atoms in total. The van der Waals surface area contributed by atoms with Crippen LogP contribution in [0.5, 0.6) is 11.5 Å². The van der Waals surface area contributed by atoms with Gasteiger partial charge in [-0.05, 0) is 62.7 Å². The lowest BCUT2D eigenvalue weighted by Crippen LogP contribution is -2.40. The van der Waals surface area contributed by atoms with Crippen LogP contribution in [0.1, 0.15) is 47.1 Å². The molecule has 0 spiro atoms. The van der Waals surface area contributed by atoms with Crippen LogP contribution < -0.4 is 24.4 Å². The molecular formula is C31H28N2O8S. The molecule has 0 radical (unpaired) electrons. The fourth-order valence-corrected chi connectivity index (χ4v) is 6.00. The fourth-order valence-electron chi connectivity index (χ4n) is 4.98. The number of esters is 1. The lowest BCUT2D eigenvalue weighted by molar-refractivity contribution is -0.139. The van der Waals surface area contributed by atoms with Crippen LogP contribution in [0.4, 0.5) is 0 Å².